The van der Waals surface area contributed by atoms with Crippen LogP contribution >= 0.6 is 0 Å². The number of carbonyl (C=O) groups excluding carboxylic acids is 1. The van der Waals surface area contributed by atoms with Crippen LogP contribution in [-0.2, 0) is 4.74 Å². The Kier molecular flexibility index (Phi) is 5.73. The quantitative estimate of drug-likeness (QED) is 0.839. The van der Waals surface area contributed by atoms with E-state index in [9.17, 15) is 9.59 Å². The van der Waals surface area contributed by atoms with Crippen LogP contribution in [-0.4, -0.2) is 83.4 Å². The summed E-state index contributed by atoms with van der Waals surface area (Å²) in [6, 6.07) is 0. The molecule has 2 aliphatic heterocycles. The molecule has 0 unspecified atom stereocenters. The van der Waals surface area contributed by atoms with E-state index in [1.807, 2.05) is 20.8 Å². The van der Waals surface area contributed by atoms with Crippen LogP contribution in [0, 0.1) is 5.92 Å². The van der Waals surface area contributed by atoms with Gasteiger partial charge in [0.2, 0.25) is 0 Å². The normalized spacial score (nSPS) is 21.3. The molecule has 0 radical (unpaired) electrons. The molecule has 2 fully saturated rings. The van der Waals surface area contributed by atoms with Gasteiger partial charge in [0, 0.05) is 45.8 Å². The van der Waals surface area contributed by atoms with Gasteiger partial charge >= 0.3 is 12.2 Å². The van der Waals surface area contributed by atoms with Crippen LogP contribution < -0.4 is 0 Å². The van der Waals surface area contributed by atoms with Crippen molar-refractivity contribution < 1.29 is 19.4 Å². The smallest absolute Gasteiger partial charge is 0.410 e. The zero-order valence-corrected chi connectivity index (χ0v) is 14.5. The molecule has 0 aromatic rings. The lowest BCUT2D eigenvalue weighted by molar-refractivity contribution is 0.0162. The molecule has 2 heterocycles. The second-order valence-electron chi connectivity index (χ2n) is 7.48. The van der Waals surface area contributed by atoms with Crippen LogP contribution in [0.4, 0.5) is 9.59 Å². The third-order valence-corrected chi connectivity index (χ3v) is 4.43. The fraction of sp³-hybridized carbons (Fsp3) is 0.875. The highest BCUT2D eigenvalue weighted by Crippen LogP contribution is 2.21. The van der Waals surface area contributed by atoms with Crippen LogP contribution in [0.5, 0.6) is 0 Å². The second-order valence-corrected chi connectivity index (χ2v) is 7.48. The van der Waals surface area contributed by atoms with E-state index in [1.165, 1.54) is 4.90 Å². The lowest BCUT2D eigenvalue weighted by Gasteiger charge is -2.38. The molecule has 0 spiro atoms. The number of piperidine rings is 1. The maximum Gasteiger partial charge on any atom is 0.410 e. The van der Waals surface area contributed by atoms with E-state index in [4.69, 9.17) is 9.84 Å². The number of piperazine rings is 1. The zero-order valence-electron chi connectivity index (χ0n) is 14.5. The molecule has 0 aliphatic carbocycles. The van der Waals surface area contributed by atoms with E-state index in [0.717, 1.165) is 45.6 Å². The van der Waals surface area contributed by atoms with Gasteiger partial charge in [0.1, 0.15) is 5.60 Å². The van der Waals surface area contributed by atoms with Gasteiger partial charge < -0.3 is 19.6 Å². The lowest BCUT2D eigenvalue weighted by Crippen LogP contribution is -2.50. The number of rotatable bonds is 2. The van der Waals surface area contributed by atoms with Crippen molar-refractivity contribution in [2.45, 2.75) is 39.2 Å². The molecule has 0 aromatic heterocycles. The Bertz CT molecular complexity index is 420. The largest absolute Gasteiger partial charge is 0.465 e. The van der Waals surface area contributed by atoms with Gasteiger partial charge in [-0.25, -0.2) is 9.59 Å². The number of carboxylic acid groups (broad SMARTS) is 1. The van der Waals surface area contributed by atoms with E-state index in [2.05, 4.69) is 4.90 Å². The molecular formula is C16H29N3O4. The van der Waals surface area contributed by atoms with Crippen molar-refractivity contribution in [2.24, 2.45) is 5.92 Å². The number of likely N-dealkylation sites (tertiary alicyclic amines) is 1. The van der Waals surface area contributed by atoms with E-state index >= 15 is 0 Å². The fourth-order valence-electron chi connectivity index (χ4n) is 3.11. The summed E-state index contributed by atoms with van der Waals surface area (Å²) in [6.07, 6.45) is 0.929. The Labute approximate surface area is 138 Å². The Morgan fingerprint density at radius 1 is 1.00 bits per heavy atom. The van der Waals surface area contributed by atoms with Crippen LogP contribution in [0.1, 0.15) is 33.6 Å². The molecule has 23 heavy (non-hydrogen) atoms. The molecule has 0 bridgehead atoms. The highest BCUT2D eigenvalue weighted by molar-refractivity contribution is 5.68. The van der Waals surface area contributed by atoms with Crippen molar-refractivity contribution in [3.05, 3.63) is 0 Å². The van der Waals surface area contributed by atoms with Gasteiger partial charge in [-0.15, -0.1) is 0 Å². The number of nitrogens with zero attached hydrogens (tertiary/aromatic N) is 3. The number of carbonyl (C=O) groups is 2. The second kappa shape index (κ2) is 7.38. The Morgan fingerprint density at radius 3 is 2.04 bits per heavy atom. The monoisotopic (exact) mass is 327 g/mol. The molecule has 2 amide bonds. The average molecular weight is 327 g/mol. The highest BCUT2D eigenvalue weighted by Gasteiger charge is 2.28. The minimum absolute atomic E-state index is 0.217. The van der Waals surface area contributed by atoms with Crippen molar-refractivity contribution in [3.8, 4) is 0 Å². The van der Waals surface area contributed by atoms with Gasteiger partial charge in [0.25, 0.3) is 0 Å². The SMILES string of the molecule is CC(C)(C)OC(=O)N1CCC(CN2CCN(C(=O)O)CC2)CC1. The number of hydrogen-bond acceptors (Lipinski definition) is 4. The molecule has 132 valence electrons. The summed E-state index contributed by atoms with van der Waals surface area (Å²) < 4.78 is 5.41. The van der Waals surface area contributed by atoms with Crippen molar-refractivity contribution in [1.82, 2.24) is 14.7 Å². The van der Waals surface area contributed by atoms with Crippen LogP contribution in [0.2, 0.25) is 0 Å². The van der Waals surface area contributed by atoms with Crippen LogP contribution in [0.25, 0.3) is 0 Å². The predicted molar refractivity (Wildman–Crippen MR) is 86.6 cm³/mol. The third-order valence-electron chi connectivity index (χ3n) is 4.43. The minimum Gasteiger partial charge on any atom is -0.465 e. The van der Waals surface area contributed by atoms with Crippen LogP contribution in [0.3, 0.4) is 0 Å². The highest BCUT2D eigenvalue weighted by atomic mass is 16.6. The summed E-state index contributed by atoms with van der Waals surface area (Å²) in [4.78, 5) is 28.6. The first-order valence-corrected chi connectivity index (χ1v) is 8.43. The predicted octanol–water partition coefficient (Wildman–Crippen LogP) is 1.93. The first-order chi connectivity index (χ1) is 10.7. The van der Waals surface area contributed by atoms with Gasteiger partial charge in [-0.3, -0.25) is 4.90 Å². The summed E-state index contributed by atoms with van der Waals surface area (Å²) in [7, 11) is 0. The first kappa shape index (κ1) is 17.8. The van der Waals surface area contributed by atoms with Crippen molar-refractivity contribution in [2.75, 3.05) is 45.8 Å². The molecule has 0 saturated carbocycles. The molecule has 2 saturated heterocycles. The standard InChI is InChI=1S/C16H29N3O4/c1-16(2,3)23-15(22)19-6-4-13(5-7-19)12-17-8-10-18(11-9-17)14(20)21/h13H,4-12H2,1-3H3,(H,20,21). The Hall–Kier alpha value is -1.50. The van der Waals surface area contributed by atoms with Gasteiger partial charge in [0.15, 0.2) is 0 Å². The molecule has 7 nitrogen and oxygen atoms in total. The van der Waals surface area contributed by atoms with Crippen molar-refractivity contribution in [3.63, 3.8) is 0 Å². The van der Waals surface area contributed by atoms with E-state index in [-0.39, 0.29) is 6.09 Å². The van der Waals surface area contributed by atoms with Crippen molar-refractivity contribution >= 4 is 12.2 Å². The summed E-state index contributed by atoms with van der Waals surface area (Å²) in [5.41, 5.74) is -0.447. The number of ether oxygens (including phenoxy) is 1. The number of amides is 2. The molecule has 2 aliphatic rings. The maximum atomic E-state index is 12.0. The van der Waals surface area contributed by atoms with E-state index < -0.39 is 11.7 Å². The van der Waals surface area contributed by atoms with Gasteiger partial charge in [-0.2, -0.15) is 0 Å². The van der Waals surface area contributed by atoms with Crippen molar-refractivity contribution in [1.29, 1.82) is 0 Å². The Morgan fingerprint density at radius 2 is 1.57 bits per heavy atom. The molecule has 0 atom stereocenters. The van der Waals surface area contributed by atoms with Gasteiger partial charge in [-0.05, 0) is 39.5 Å². The van der Waals surface area contributed by atoms with Gasteiger partial charge in [-0.1, -0.05) is 0 Å². The maximum absolute atomic E-state index is 12.0. The Balaban J connectivity index is 1.69. The lowest BCUT2D eigenvalue weighted by atomic mass is 9.96. The van der Waals surface area contributed by atoms with E-state index in [0.29, 0.717) is 19.0 Å². The zero-order chi connectivity index (χ0) is 17.0. The molecular weight excluding hydrogens is 298 g/mol. The average Bonchev–Trinajstić information content (AvgIpc) is 2.46. The summed E-state index contributed by atoms with van der Waals surface area (Å²) in [5.74, 6) is 0.574. The summed E-state index contributed by atoms with van der Waals surface area (Å²) >= 11 is 0. The van der Waals surface area contributed by atoms with Crippen LogP contribution in [0.15, 0.2) is 0 Å². The molecule has 2 rings (SSSR count). The molecule has 0 aromatic carbocycles. The van der Waals surface area contributed by atoms with E-state index in [1.54, 1.807) is 4.90 Å². The minimum atomic E-state index is -0.824. The number of hydrogen-bond donors (Lipinski definition) is 1. The third kappa shape index (κ3) is 5.57. The topological polar surface area (TPSA) is 73.3 Å². The summed E-state index contributed by atoms with van der Waals surface area (Å²) in [5, 5.41) is 8.97. The van der Waals surface area contributed by atoms with Gasteiger partial charge in [0.05, 0.1) is 0 Å². The molecule has 7 heteroatoms. The first-order valence-electron chi connectivity index (χ1n) is 8.43. The summed E-state index contributed by atoms with van der Waals surface area (Å²) in [6.45, 7) is 10.9. The fourth-order valence-corrected chi connectivity index (χ4v) is 3.11. The molecule has 1 N–H and O–H groups in total.